The summed E-state index contributed by atoms with van der Waals surface area (Å²) in [6.45, 7) is 1.80. The zero-order valence-electron chi connectivity index (χ0n) is 15.0. The fourth-order valence-electron chi connectivity index (χ4n) is 2.84. The van der Waals surface area contributed by atoms with Crippen LogP contribution in [0, 0.1) is 0 Å². The largest absolute Gasteiger partial charge is 0.328 e. The number of aryl methyl sites for hydroxylation is 1. The fraction of sp³-hybridized carbons (Fsp3) is 0.176. The van der Waals surface area contributed by atoms with Crippen molar-refractivity contribution in [3.05, 3.63) is 53.3 Å². The van der Waals surface area contributed by atoms with E-state index in [1.807, 2.05) is 25.2 Å². The number of anilines is 1. The predicted molar refractivity (Wildman–Crippen MR) is 106 cm³/mol. The highest BCUT2D eigenvalue weighted by Gasteiger charge is 2.19. The highest BCUT2D eigenvalue weighted by atomic mass is 79.9. The summed E-state index contributed by atoms with van der Waals surface area (Å²) in [6.07, 6.45) is 4.62. The van der Waals surface area contributed by atoms with E-state index in [1.54, 1.807) is 30.1 Å². The molecule has 4 rings (SSSR count). The van der Waals surface area contributed by atoms with Crippen molar-refractivity contribution in [1.29, 1.82) is 0 Å². The van der Waals surface area contributed by atoms with Crippen molar-refractivity contribution >= 4 is 38.7 Å². The molecule has 2 amide bonds. The minimum Gasteiger partial charge on any atom is -0.328 e. The first-order chi connectivity index (χ1) is 13.5. The number of hydrogen-bond donors (Lipinski definition) is 2. The van der Waals surface area contributed by atoms with Gasteiger partial charge in [0.15, 0.2) is 11.6 Å². The van der Waals surface area contributed by atoms with Crippen LogP contribution >= 0.6 is 15.9 Å². The number of urea groups is 1. The van der Waals surface area contributed by atoms with Gasteiger partial charge < -0.3 is 5.32 Å². The van der Waals surface area contributed by atoms with E-state index in [4.69, 9.17) is 0 Å². The first kappa shape index (κ1) is 18.0. The topological polar surface area (TPSA) is 115 Å². The molecule has 142 valence electrons. The molecule has 0 saturated heterocycles. The van der Waals surface area contributed by atoms with Crippen molar-refractivity contribution in [2.75, 3.05) is 5.32 Å². The number of hydrogen-bond acceptors (Lipinski definition) is 6. The Morgan fingerprint density at radius 1 is 1.21 bits per heavy atom. The van der Waals surface area contributed by atoms with E-state index in [1.165, 1.54) is 11.0 Å². The Kier molecular flexibility index (Phi) is 4.74. The lowest BCUT2D eigenvalue weighted by molar-refractivity contribution is 0.248. The van der Waals surface area contributed by atoms with Gasteiger partial charge in [0.25, 0.3) is 5.95 Å². The van der Waals surface area contributed by atoms with Gasteiger partial charge in [0.2, 0.25) is 0 Å². The number of nitrogens with one attached hydrogen (secondary N) is 2. The summed E-state index contributed by atoms with van der Waals surface area (Å²) in [5.74, 6) is 1.36. The second kappa shape index (κ2) is 7.35. The van der Waals surface area contributed by atoms with Crippen LogP contribution in [0.2, 0.25) is 0 Å². The van der Waals surface area contributed by atoms with E-state index in [-0.39, 0.29) is 0 Å². The first-order valence-corrected chi connectivity index (χ1v) is 9.19. The van der Waals surface area contributed by atoms with E-state index in [2.05, 4.69) is 51.7 Å². The van der Waals surface area contributed by atoms with E-state index in [0.717, 1.165) is 15.4 Å². The second-order valence-corrected chi connectivity index (χ2v) is 6.95. The van der Waals surface area contributed by atoms with Crippen LogP contribution in [0.1, 0.15) is 18.8 Å². The maximum Gasteiger partial charge on any atom is 0.321 e. The lowest BCUT2D eigenvalue weighted by Gasteiger charge is -2.14. The van der Waals surface area contributed by atoms with Gasteiger partial charge in [-0.25, -0.2) is 19.7 Å². The zero-order valence-corrected chi connectivity index (χ0v) is 16.6. The molecular weight excluding hydrogens is 426 g/mol. The normalized spacial score (nSPS) is 12.1. The van der Waals surface area contributed by atoms with Crippen molar-refractivity contribution in [2.45, 2.75) is 13.0 Å². The molecule has 11 heteroatoms. The molecule has 0 radical (unpaired) electrons. The Morgan fingerprint density at radius 3 is 2.79 bits per heavy atom. The molecule has 1 aromatic carbocycles. The molecule has 3 heterocycles. The molecular formula is C17H16BrN9O. The Hall–Kier alpha value is -3.34. The molecule has 0 unspecified atom stereocenters. The maximum atomic E-state index is 12.5. The summed E-state index contributed by atoms with van der Waals surface area (Å²) in [7, 11) is 1.82. The maximum absolute atomic E-state index is 12.5. The quantitative estimate of drug-likeness (QED) is 0.502. The first-order valence-electron chi connectivity index (χ1n) is 8.40. The fourth-order valence-corrected chi connectivity index (χ4v) is 3.20. The lowest BCUT2D eigenvalue weighted by atomic mass is 10.2. The molecule has 10 nitrogen and oxygen atoms in total. The van der Waals surface area contributed by atoms with Crippen LogP contribution in [0.3, 0.4) is 0 Å². The molecule has 0 spiro atoms. The van der Waals surface area contributed by atoms with Crippen LogP contribution in [0.4, 0.5) is 10.6 Å². The smallest absolute Gasteiger partial charge is 0.321 e. The van der Waals surface area contributed by atoms with Crippen molar-refractivity contribution in [3.8, 4) is 5.95 Å². The third kappa shape index (κ3) is 3.43. The van der Waals surface area contributed by atoms with Crippen LogP contribution in [-0.4, -0.2) is 40.5 Å². The molecule has 2 N–H and O–H groups in total. The van der Waals surface area contributed by atoms with Crippen LogP contribution in [0.15, 0.2) is 47.5 Å². The SMILES string of the molecule is C[C@H](NC(=O)Nc1nn(C)c2ccc(Br)cc12)c1ncnn1-c1ncccn1. The zero-order chi connectivity index (χ0) is 19.7. The Bertz CT molecular complexity index is 1140. The minimum atomic E-state index is -0.437. The molecule has 1 atom stereocenters. The molecule has 0 aliphatic heterocycles. The highest BCUT2D eigenvalue weighted by Crippen LogP contribution is 2.26. The molecule has 3 aromatic heterocycles. The Balaban J connectivity index is 1.53. The highest BCUT2D eigenvalue weighted by molar-refractivity contribution is 9.10. The van der Waals surface area contributed by atoms with E-state index >= 15 is 0 Å². The van der Waals surface area contributed by atoms with E-state index in [9.17, 15) is 4.79 Å². The molecule has 0 fully saturated rings. The summed E-state index contributed by atoms with van der Waals surface area (Å²) < 4.78 is 4.10. The monoisotopic (exact) mass is 441 g/mol. The van der Waals surface area contributed by atoms with Crippen molar-refractivity contribution in [2.24, 2.45) is 7.05 Å². The summed E-state index contributed by atoms with van der Waals surface area (Å²) in [6, 6.07) is 6.63. The van der Waals surface area contributed by atoms with Gasteiger partial charge >= 0.3 is 6.03 Å². The molecule has 0 bridgehead atoms. The molecule has 0 aliphatic rings. The Labute approximate surface area is 168 Å². The number of nitrogens with zero attached hydrogens (tertiary/aromatic N) is 7. The van der Waals surface area contributed by atoms with Crippen LogP contribution in [0.5, 0.6) is 0 Å². The van der Waals surface area contributed by atoms with Gasteiger partial charge in [0.1, 0.15) is 6.33 Å². The van der Waals surface area contributed by atoms with Crippen molar-refractivity contribution < 1.29 is 4.79 Å². The number of aromatic nitrogens is 7. The minimum absolute atomic E-state index is 0.379. The number of carbonyl (C=O) groups is 1. The third-order valence-electron chi connectivity index (χ3n) is 4.09. The third-order valence-corrected chi connectivity index (χ3v) is 4.59. The van der Waals surface area contributed by atoms with Gasteiger partial charge in [-0.1, -0.05) is 15.9 Å². The molecule has 0 aliphatic carbocycles. The number of rotatable bonds is 4. The number of halogens is 1. The van der Waals surface area contributed by atoms with Gasteiger partial charge in [0, 0.05) is 29.3 Å². The standard InChI is InChI=1S/C17H16BrN9O/c1-10(15-21-9-22-27(15)16-19-6-3-7-20-16)23-17(28)24-14-12-8-11(18)4-5-13(12)26(2)25-14/h3-10H,1-2H3,(H2,23,24,25,28)/t10-/m0/s1. The average molecular weight is 442 g/mol. The van der Waals surface area contributed by atoms with Gasteiger partial charge in [-0.3, -0.25) is 10.00 Å². The number of fused-ring (bicyclic) bond motifs is 1. The molecule has 4 aromatic rings. The summed E-state index contributed by atoms with van der Waals surface area (Å²) >= 11 is 3.44. The van der Waals surface area contributed by atoms with E-state index < -0.39 is 12.1 Å². The van der Waals surface area contributed by atoms with E-state index in [0.29, 0.717) is 17.6 Å². The van der Waals surface area contributed by atoms with Gasteiger partial charge in [-0.2, -0.15) is 14.9 Å². The lowest BCUT2D eigenvalue weighted by Crippen LogP contribution is -2.33. The molecule has 28 heavy (non-hydrogen) atoms. The summed E-state index contributed by atoms with van der Waals surface area (Å²) in [4.78, 5) is 25.1. The second-order valence-electron chi connectivity index (χ2n) is 6.03. The summed E-state index contributed by atoms with van der Waals surface area (Å²) in [5, 5.41) is 15.0. The predicted octanol–water partition coefficient (Wildman–Crippen LogP) is 2.59. The van der Waals surface area contributed by atoms with Crippen LogP contribution in [-0.2, 0) is 7.05 Å². The van der Waals surface area contributed by atoms with Gasteiger partial charge in [-0.15, -0.1) is 0 Å². The number of benzene rings is 1. The number of amides is 2. The average Bonchev–Trinajstić information content (AvgIpc) is 3.28. The van der Waals surface area contributed by atoms with Crippen LogP contribution < -0.4 is 10.6 Å². The van der Waals surface area contributed by atoms with Crippen molar-refractivity contribution in [3.63, 3.8) is 0 Å². The molecule has 0 saturated carbocycles. The Morgan fingerprint density at radius 2 is 2.00 bits per heavy atom. The van der Waals surface area contributed by atoms with Crippen LogP contribution in [0.25, 0.3) is 16.9 Å². The van der Waals surface area contributed by atoms with Crippen molar-refractivity contribution in [1.82, 2.24) is 39.8 Å². The van der Waals surface area contributed by atoms with Gasteiger partial charge in [-0.05, 0) is 31.2 Å². The summed E-state index contributed by atoms with van der Waals surface area (Å²) in [5.41, 5.74) is 0.910. The number of carbonyl (C=O) groups excluding carboxylic acids is 1. The van der Waals surface area contributed by atoms with Gasteiger partial charge in [0.05, 0.1) is 11.6 Å².